The van der Waals surface area contributed by atoms with E-state index in [9.17, 15) is 4.79 Å². The number of thiazole rings is 1. The summed E-state index contributed by atoms with van der Waals surface area (Å²) in [6.45, 7) is 9.01. The molecule has 1 aliphatic rings. The quantitative estimate of drug-likeness (QED) is 0.856. The van der Waals surface area contributed by atoms with Gasteiger partial charge in [-0.1, -0.05) is 19.9 Å². The van der Waals surface area contributed by atoms with Crippen LogP contribution in [-0.4, -0.2) is 33.9 Å². The van der Waals surface area contributed by atoms with E-state index in [1.807, 2.05) is 6.20 Å². The number of pyridine rings is 1. The van der Waals surface area contributed by atoms with Crippen molar-refractivity contribution < 1.29 is 4.79 Å². The smallest absolute Gasteiger partial charge is 0.223 e. The Bertz CT molecular complexity index is 728. The second kappa shape index (κ2) is 8.06. The molecule has 0 aliphatic carbocycles. The average Bonchev–Trinajstić information content (AvgIpc) is 3.17. The average molecular weight is 359 g/mol. The summed E-state index contributed by atoms with van der Waals surface area (Å²) in [4.78, 5) is 23.8. The lowest BCUT2D eigenvalue weighted by atomic mass is 10.0. The maximum absolute atomic E-state index is 11.1. The van der Waals surface area contributed by atoms with Gasteiger partial charge in [0.15, 0.2) is 5.13 Å². The lowest BCUT2D eigenvalue weighted by Crippen LogP contribution is -2.20. The number of carbonyl (C=O) groups excluding carboxylic acids is 1. The largest absolute Gasteiger partial charge is 0.302 e. The lowest BCUT2D eigenvalue weighted by molar-refractivity contribution is -0.114. The molecule has 1 amide bonds. The normalized spacial score (nSPS) is 18.0. The zero-order valence-corrected chi connectivity index (χ0v) is 16.0. The molecule has 3 heterocycles. The highest BCUT2D eigenvalue weighted by Gasteiger charge is 2.23. The SMILES string of the molecule is CC(=O)Nc1ncc(CN2CCC(Cc3cccc(C(C)C)n3)C2)s1. The zero-order valence-electron chi connectivity index (χ0n) is 15.2. The fraction of sp³-hybridized carbons (Fsp3) is 0.526. The first-order chi connectivity index (χ1) is 12.0. The van der Waals surface area contributed by atoms with E-state index >= 15 is 0 Å². The van der Waals surface area contributed by atoms with Gasteiger partial charge in [0.1, 0.15) is 0 Å². The fourth-order valence-electron chi connectivity index (χ4n) is 3.26. The van der Waals surface area contributed by atoms with Gasteiger partial charge in [-0.15, -0.1) is 11.3 Å². The molecule has 1 N–H and O–H groups in total. The topological polar surface area (TPSA) is 58.1 Å². The van der Waals surface area contributed by atoms with Crippen molar-refractivity contribution in [2.24, 2.45) is 5.92 Å². The van der Waals surface area contributed by atoms with Gasteiger partial charge in [0.2, 0.25) is 5.91 Å². The predicted octanol–water partition coefficient (Wildman–Crippen LogP) is 3.68. The molecule has 134 valence electrons. The van der Waals surface area contributed by atoms with Crippen molar-refractivity contribution in [3.63, 3.8) is 0 Å². The van der Waals surface area contributed by atoms with Crippen LogP contribution in [0, 0.1) is 5.92 Å². The molecule has 0 spiro atoms. The molecule has 0 saturated carbocycles. The third-order valence-electron chi connectivity index (χ3n) is 4.50. The minimum absolute atomic E-state index is 0.0711. The van der Waals surface area contributed by atoms with Crippen LogP contribution in [-0.2, 0) is 17.8 Å². The molecule has 0 bridgehead atoms. The van der Waals surface area contributed by atoms with Gasteiger partial charge < -0.3 is 5.32 Å². The first kappa shape index (κ1) is 18.0. The van der Waals surface area contributed by atoms with Gasteiger partial charge in [0, 0.05) is 42.5 Å². The Morgan fingerprint density at radius 1 is 1.44 bits per heavy atom. The number of aromatic nitrogens is 2. The summed E-state index contributed by atoms with van der Waals surface area (Å²) in [6, 6.07) is 6.40. The number of amides is 1. The Morgan fingerprint density at radius 2 is 2.28 bits per heavy atom. The zero-order chi connectivity index (χ0) is 17.8. The molecule has 6 heteroatoms. The number of hydrogen-bond donors (Lipinski definition) is 1. The molecule has 1 unspecified atom stereocenters. The Balaban J connectivity index is 1.52. The predicted molar refractivity (Wildman–Crippen MR) is 102 cm³/mol. The van der Waals surface area contributed by atoms with Crippen molar-refractivity contribution in [2.45, 2.75) is 46.1 Å². The van der Waals surface area contributed by atoms with E-state index < -0.39 is 0 Å². The van der Waals surface area contributed by atoms with Gasteiger partial charge in [-0.25, -0.2) is 4.98 Å². The Kier molecular flexibility index (Phi) is 5.81. The van der Waals surface area contributed by atoms with Crippen LogP contribution in [0.5, 0.6) is 0 Å². The number of carbonyl (C=O) groups is 1. The van der Waals surface area contributed by atoms with Crippen LogP contribution in [0.25, 0.3) is 0 Å². The summed E-state index contributed by atoms with van der Waals surface area (Å²) in [7, 11) is 0. The van der Waals surface area contributed by atoms with Crippen LogP contribution < -0.4 is 5.32 Å². The van der Waals surface area contributed by atoms with Crippen LogP contribution in [0.2, 0.25) is 0 Å². The van der Waals surface area contributed by atoms with E-state index in [4.69, 9.17) is 4.98 Å². The van der Waals surface area contributed by atoms with Crippen LogP contribution in [0.15, 0.2) is 24.4 Å². The number of hydrogen-bond acceptors (Lipinski definition) is 5. The van der Waals surface area contributed by atoms with E-state index in [0.717, 1.165) is 26.1 Å². The maximum Gasteiger partial charge on any atom is 0.223 e. The summed E-state index contributed by atoms with van der Waals surface area (Å²) >= 11 is 1.56. The van der Waals surface area contributed by atoms with Crippen LogP contribution >= 0.6 is 11.3 Å². The Hall–Kier alpha value is -1.79. The first-order valence-corrected chi connectivity index (χ1v) is 9.71. The minimum Gasteiger partial charge on any atom is -0.302 e. The highest BCUT2D eigenvalue weighted by molar-refractivity contribution is 7.15. The number of rotatable bonds is 6. The molecule has 1 fully saturated rings. The van der Waals surface area contributed by atoms with Gasteiger partial charge in [-0.3, -0.25) is 14.7 Å². The molecule has 0 aromatic carbocycles. The molecule has 1 atom stereocenters. The molecule has 3 rings (SSSR count). The summed E-state index contributed by atoms with van der Waals surface area (Å²) in [6.07, 6.45) is 4.14. The molecule has 2 aromatic rings. The molecular weight excluding hydrogens is 332 g/mol. The van der Waals surface area contributed by atoms with E-state index in [-0.39, 0.29) is 5.91 Å². The minimum atomic E-state index is -0.0711. The van der Waals surface area contributed by atoms with E-state index in [2.05, 4.69) is 47.2 Å². The van der Waals surface area contributed by atoms with Crippen molar-refractivity contribution >= 4 is 22.4 Å². The fourth-order valence-corrected chi connectivity index (χ4v) is 4.16. The van der Waals surface area contributed by atoms with Crippen molar-refractivity contribution in [1.82, 2.24) is 14.9 Å². The van der Waals surface area contributed by atoms with Gasteiger partial charge in [-0.2, -0.15) is 0 Å². The van der Waals surface area contributed by atoms with Gasteiger partial charge >= 0.3 is 0 Å². The van der Waals surface area contributed by atoms with Crippen molar-refractivity contribution in [3.8, 4) is 0 Å². The van der Waals surface area contributed by atoms with Crippen molar-refractivity contribution in [3.05, 3.63) is 40.7 Å². The summed E-state index contributed by atoms with van der Waals surface area (Å²) in [5, 5.41) is 3.44. The molecule has 25 heavy (non-hydrogen) atoms. The Labute approximate surface area is 153 Å². The van der Waals surface area contributed by atoms with E-state index in [1.54, 1.807) is 11.3 Å². The second-order valence-electron chi connectivity index (χ2n) is 7.12. The number of nitrogens with zero attached hydrogens (tertiary/aromatic N) is 3. The molecule has 1 saturated heterocycles. The van der Waals surface area contributed by atoms with Crippen molar-refractivity contribution in [2.75, 3.05) is 18.4 Å². The highest BCUT2D eigenvalue weighted by atomic mass is 32.1. The summed E-state index contributed by atoms with van der Waals surface area (Å²) in [5.41, 5.74) is 2.39. The van der Waals surface area contributed by atoms with E-state index in [0.29, 0.717) is 17.0 Å². The molecule has 0 radical (unpaired) electrons. The van der Waals surface area contributed by atoms with Gasteiger partial charge in [0.05, 0.1) is 0 Å². The van der Waals surface area contributed by atoms with Crippen molar-refractivity contribution in [1.29, 1.82) is 0 Å². The van der Waals surface area contributed by atoms with Crippen LogP contribution in [0.4, 0.5) is 5.13 Å². The van der Waals surface area contributed by atoms with E-state index in [1.165, 1.54) is 29.6 Å². The molecular formula is C19H26N4OS. The number of nitrogens with one attached hydrogen (secondary N) is 1. The van der Waals surface area contributed by atoms with Gasteiger partial charge in [0.25, 0.3) is 0 Å². The lowest BCUT2D eigenvalue weighted by Gasteiger charge is -2.15. The standard InChI is InChI=1S/C19H26N4OS/c1-13(2)18-6-4-5-16(22-18)9-15-7-8-23(11-15)12-17-10-20-19(25-17)21-14(3)24/h4-6,10,13,15H,7-9,11-12H2,1-3H3,(H,20,21,24). The Morgan fingerprint density at radius 3 is 3.04 bits per heavy atom. The third kappa shape index (κ3) is 5.09. The second-order valence-corrected chi connectivity index (χ2v) is 8.23. The monoisotopic (exact) mass is 358 g/mol. The first-order valence-electron chi connectivity index (χ1n) is 8.90. The van der Waals surface area contributed by atoms with Gasteiger partial charge in [-0.05, 0) is 43.4 Å². The third-order valence-corrected chi connectivity index (χ3v) is 5.40. The molecule has 5 nitrogen and oxygen atoms in total. The molecule has 1 aliphatic heterocycles. The number of anilines is 1. The molecule has 2 aromatic heterocycles. The summed E-state index contributed by atoms with van der Waals surface area (Å²) < 4.78 is 0. The number of likely N-dealkylation sites (tertiary alicyclic amines) is 1. The van der Waals surface area contributed by atoms with Crippen LogP contribution in [0.3, 0.4) is 0 Å². The maximum atomic E-state index is 11.1. The van der Waals surface area contributed by atoms with Crippen LogP contribution in [0.1, 0.15) is 49.4 Å². The highest BCUT2D eigenvalue weighted by Crippen LogP contribution is 2.25. The summed E-state index contributed by atoms with van der Waals surface area (Å²) in [5.74, 6) is 1.07.